The van der Waals surface area contributed by atoms with Crippen molar-refractivity contribution in [1.29, 1.82) is 0 Å². The van der Waals surface area contributed by atoms with E-state index in [2.05, 4.69) is 6.58 Å². The van der Waals surface area contributed by atoms with Crippen LogP contribution in [0.3, 0.4) is 0 Å². The zero-order chi connectivity index (χ0) is 15.3. The summed E-state index contributed by atoms with van der Waals surface area (Å²) < 4.78 is 16.9. The van der Waals surface area contributed by atoms with Crippen molar-refractivity contribution < 1.29 is 23.8 Å². The van der Waals surface area contributed by atoms with Gasteiger partial charge in [-0.25, -0.2) is 0 Å². The Bertz CT molecular complexity index is 501. The average Bonchev–Trinajstić information content (AvgIpc) is 2.82. The van der Waals surface area contributed by atoms with Crippen molar-refractivity contribution in [1.82, 2.24) is 0 Å². The molecule has 0 bridgehead atoms. The molecule has 1 spiro atoms. The zero-order valence-electron chi connectivity index (χ0n) is 12.6. The molecule has 2 saturated heterocycles. The fourth-order valence-corrected chi connectivity index (χ4v) is 4.62. The van der Waals surface area contributed by atoms with Gasteiger partial charge in [-0.05, 0) is 45.4 Å². The normalized spacial score (nSPS) is 43.5. The first-order chi connectivity index (χ1) is 9.98. The number of carbonyl (C=O) groups is 2. The van der Waals surface area contributed by atoms with Crippen LogP contribution in [0, 0.1) is 11.3 Å². The van der Waals surface area contributed by atoms with Crippen molar-refractivity contribution in [3.8, 4) is 0 Å². The number of ether oxygens (including phenoxy) is 3. The molecule has 21 heavy (non-hydrogen) atoms. The minimum Gasteiger partial charge on any atom is -0.465 e. The monoisotopic (exact) mass is 294 g/mol. The Hall–Kier alpha value is -1.36. The van der Waals surface area contributed by atoms with E-state index in [0.29, 0.717) is 25.9 Å². The second-order valence-electron chi connectivity index (χ2n) is 6.35. The number of esters is 2. The molecule has 3 aliphatic rings. The van der Waals surface area contributed by atoms with Gasteiger partial charge < -0.3 is 14.2 Å². The highest BCUT2D eigenvalue weighted by Crippen LogP contribution is 2.71. The fourth-order valence-electron chi connectivity index (χ4n) is 4.62. The molecule has 5 nitrogen and oxygen atoms in total. The second-order valence-corrected chi connectivity index (χ2v) is 6.35. The lowest BCUT2D eigenvalue weighted by molar-refractivity contribution is -0.232. The first kappa shape index (κ1) is 14.6. The van der Waals surface area contributed by atoms with Crippen molar-refractivity contribution in [2.75, 3.05) is 13.2 Å². The standard InChI is InChI=1S/C16H22O5/c1-4-6-8-14(3)16-11(7-9-20-16)10-15(16,13(18)21-14)12(17)19-5-2/h4,11H,1,5-10H2,2-3H3/t11?,14-,15-,16+/m1/s1. The quantitative estimate of drug-likeness (QED) is 0.441. The van der Waals surface area contributed by atoms with Gasteiger partial charge in [0.2, 0.25) is 0 Å². The van der Waals surface area contributed by atoms with E-state index < -0.39 is 28.6 Å². The van der Waals surface area contributed by atoms with Gasteiger partial charge in [0.05, 0.1) is 6.61 Å². The summed E-state index contributed by atoms with van der Waals surface area (Å²) in [7, 11) is 0. The van der Waals surface area contributed by atoms with E-state index in [9.17, 15) is 9.59 Å². The van der Waals surface area contributed by atoms with Gasteiger partial charge >= 0.3 is 11.9 Å². The van der Waals surface area contributed by atoms with Gasteiger partial charge in [-0.3, -0.25) is 9.59 Å². The molecule has 4 atom stereocenters. The molecule has 116 valence electrons. The largest absolute Gasteiger partial charge is 0.465 e. The van der Waals surface area contributed by atoms with Crippen LogP contribution >= 0.6 is 0 Å². The molecule has 0 N–H and O–H groups in total. The van der Waals surface area contributed by atoms with Crippen molar-refractivity contribution in [3.63, 3.8) is 0 Å². The fraction of sp³-hybridized carbons (Fsp3) is 0.750. The van der Waals surface area contributed by atoms with Crippen LogP contribution in [0.4, 0.5) is 0 Å². The second kappa shape index (κ2) is 4.57. The van der Waals surface area contributed by atoms with Gasteiger partial charge in [0.15, 0.2) is 5.41 Å². The van der Waals surface area contributed by atoms with E-state index >= 15 is 0 Å². The third-order valence-electron chi connectivity index (χ3n) is 5.46. The molecule has 1 aliphatic carbocycles. The van der Waals surface area contributed by atoms with E-state index in [4.69, 9.17) is 14.2 Å². The third-order valence-corrected chi connectivity index (χ3v) is 5.46. The van der Waals surface area contributed by atoms with Crippen LogP contribution in [-0.4, -0.2) is 36.4 Å². The molecule has 1 unspecified atom stereocenters. The summed E-state index contributed by atoms with van der Waals surface area (Å²) in [5.74, 6) is -0.788. The average molecular weight is 294 g/mol. The summed E-state index contributed by atoms with van der Waals surface area (Å²) in [6, 6.07) is 0. The molecule has 5 heteroatoms. The smallest absolute Gasteiger partial charge is 0.327 e. The van der Waals surface area contributed by atoms with Crippen LogP contribution in [-0.2, 0) is 23.8 Å². The van der Waals surface area contributed by atoms with Crippen molar-refractivity contribution in [2.45, 2.75) is 50.7 Å². The molecular formula is C16H22O5. The van der Waals surface area contributed by atoms with Gasteiger partial charge in [0.25, 0.3) is 0 Å². The summed E-state index contributed by atoms with van der Waals surface area (Å²) >= 11 is 0. The first-order valence-corrected chi connectivity index (χ1v) is 7.64. The molecule has 3 fully saturated rings. The lowest BCUT2D eigenvalue weighted by Gasteiger charge is -2.56. The highest BCUT2D eigenvalue weighted by atomic mass is 16.6. The summed E-state index contributed by atoms with van der Waals surface area (Å²) in [4.78, 5) is 25.1. The van der Waals surface area contributed by atoms with Gasteiger partial charge in [0.1, 0.15) is 11.2 Å². The predicted octanol–water partition coefficient (Wildman–Crippen LogP) is 2.00. The van der Waals surface area contributed by atoms with Gasteiger partial charge in [0, 0.05) is 6.61 Å². The Balaban J connectivity index is 2.04. The predicted molar refractivity (Wildman–Crippen MR) is 74.4 cm³/mol. The number of rotatable bonds is 5. The van der Waals surface area contributed by atoms with Crippen LogP contribution in [0.5, 0.6) is 0 Å². The van der Waals surface area contributed by atoms with E-state index in [-0.39, 0.29) is 12.5 Å². The minimum atomic E-state index is -1.26. The number of hydrogen-bond acceptors (Lipinski definition) is 5. The number of allylic oxidation sites excluding steroid dienone is 1. The molecule has 2 heterocycles. The summed E-state index contributed by atoms with van der Waals surface area (Å²) in [6.45, 7) is 8.16. The Morgan fingerprint density at radius 3 is 2.95 bits per heavy atom. The van der Waals surface area contributed by atoms with Crippen molar-refractivity contribution >= 4 is 11.9 Å². The molecule has 3 rings (SSSR count). The minimum absolute atomic E-state index is 0.183. The molecule has 2 aliphatic heterocycles. The van der Waals surface area contributed by atoms with Crippen LogP contribution in [0.2, 0.25) is 0 Å². The number of cyclic esters (lactones) is 1. The summed E-state index contributed by atoms with van der Waals surface area (Å²) in [6.07, 6.45) is 4.46. The van der Waals surface area contributed by atoms with E-state index in [0.717, 1.165) is 6.42 Å². The van der Waals surface area contributed by atoms with E-state index in [1.807, 2.05) is 6.92 Å². The SMILES string of the molecule is C=CCC[C@@]1(C)OC(=O)[C@]2(C(=O)OCC)CC3CCO[C@]321. The molecule has 0 amide bonds. The van der Waals surface area contributed by atoms with Crippen LogP contribution in [0.1, 0.15) is 39.5 Å². The Morgan fingerprint density at radius 1 is 1.57 bits per heavy atom. The first-order valence-electron chi connectivity index (χ1n) is 7.64. The lowest BCUT2D eigenvalue weighted by Crippen LogP contribution is -2.72. The zero-order valence-corrected chi connectivity index (χ0v) is 12.6. The highest BCUT2D eigenvalue weighted by Gasteiger charge is 2.87. The molecule has 0 aromatic carbocycles. The maximum atomic E-state index is 12.6. The van der Waals surface area contributed by atoms with Crippen molar-refractivity contribution in [3.05, 3.63) is 12.7 Å². The number of carbonyl (C=O) groups excluding carboxylic acids is 2. The van der Waals surface area contributed by atoms with E-state index in [1.165, 1.54) is 0 Å². The maximum absolute atomic E-state index is 12.6. The van der Waals surface area contributed by atoms with Gasteiger partial charge in [-0.15, -0.1) is 6.58 Å². The van der Waals surface area contributed by atoms with Gasteiger partial charge in [-0.1, -0.05) is 6.08 Å². The van der Waals surface area contributed by atoms with Crippen LogP contribution in [0.25, 0.3) is 0 Å². The topological polar surface area (TPSA) is 61.8 Å². The van der Waals surface area contributed by atoms with Crippen molar-refractivity contribution in [2.24, 2.45) is 11.3 Å². The molecule has 0 aromatic heterocycles. The highest BCUT2D eigenvalue weighted by molar-refractivity contribution is 6.05. The Kier molecular flexibility index (Phi) is 3.17. The molecular weight excluding hydrogens is 272 g/mol. The summed E-state index contributed by atoms with van der Waals surface area (Å²) in [5.41, 5.74) is -2.91. The lowest BCUT2D eigenvalue weighted by atomic mass is 9.46. The molecule has 1 saturated carbocycles. The Labute approximate surface area is 124 Å². The van der Waals surface area contributed by atoms with Gasteiger partial charge in [-0.2, -0.15) is 0 Å². The maximum Gasteiger partial charge on any atom is 0.327 e. The van der Waals surface area contributed by atoms with Crippen LogP contribution < -0.4 is 0 Å². The summed E-state index contributed by atoms with van der Waals surface area (Å²) in [5, 5.41) is 0. The Morgan fingerprint density at radius 2 is 2.33 bits per heavy atom. The number of hydrogen-bond donors (Lipinski definition) is 0. The van der Waals surface area contributed by atoms with Crippen LogP contribution in [0.15, 0.2) is 12.7 Å². The molecule has 0 radical (unpaired) electrons. The third kappa shape index (κ3) is 1.45. The van der Waals surface area contributed by atoms with E-state index in [1.54, 1.807) is 13.0 Å². The molecule has 0 aromatic rings.